The van der Waals surface area contributed by atoms with Gasteiger partial charge in [-0.15, -0.1) is 0 Å². The molecule has 1 aromatic heterocycles. The van der Waals surface area contributed by atoms with Crippen molar-refractivity contribution >= 4 is 11.0 Å². The summed E-state index contributed by atoms with van der Waals surface area (Å²) >= 11 is 0. The molecule has 1 heterocycles. The Morgan fingerprint density at radius 3 is 2.60 bits per heavy atom. The van der Waals surface area contributed by atoms with E-state index in [0.29, 0.717) is 22.3 Å². The Hall–Kier alpha value is -2.33. The first-order valence-electron chi connectivity index (χ1n) is 6.31. The summed E-state index contributed by atoms with van der Waals surface area (Å²) in [6.07, 6.45) is 0.535. The lowest BCUT2D eigenvalue weighted by Crippen LogP contribution is -2.04. The molecule has 3 nitrogen and oxygen atoms in total. The first-order valence-corrected chi connectivity index (χ1v) is 6.31. The number of hydrogen-bond donors (Lipinski definition) is 1. The molecule has 3 aromatic rings. The van der Waals surface area contributed by atoms with Gasteiger partial charge in [-0.25, -0.2) is 9.37 Å². The van der Waals surface area contributed by atoms with Gasteiger partial charge in [-0.3, -0.25) is 4.98 Å². The predicted octanol–water partition coefficient (Wildman–Crippen LogP) is 3.16. The van der Waals surface area contributed by atoms with E-state index in [-0.39, 0.29) is 5.82 Å². The molecular weight excluding hydrogens is 255 g/mol. The highest BCUT2D eigenvalue weighted by Crippen LogP contribution is 2.23. The van der Waals surface area contributed by atoms with Crippen LogP contribution >= 0.6 is 0 Å². The molecule has 4 heteroatoms. The van der Waals surface area contributed by atoms with E-state index in [2.05, 4.69) is 9.97 Å². The molecule has 0 aliphatic carbocycles. The van der Waals surface area contributed by atoms with Crippen LogP contribution in [0.3, 0.4) is 0 Å². The molecule has 1 unspecified atom stereocenters. The minimum absolute atomic E-state index is 0.338. The van der Waals surface area contributed by atoms with E-state index in [0.717, 1.165) is 5.52 Å². The van der Waals surface area contributed by atoms with Crippen molar-refractivity contribution in [3.8, 4) is 0 Å². The van der Waals surface area contributed by atoms with E-state index in [4.69, 9.17) is 0 Å². The highest BCUT2D eigenvalue weighted by Gasteiger charge is 2.14. The van der Waals surface area contributed by atoms with Gasteiger partial charge in [0.25, 0.3) is 0 Å². The van der Waals surface area contributed by atoms with Gasteiger partial charge < -0.3 is 5.11 Å². The van der Waals surface area contributed by atoms with Crippen LogP contribution in [0.4, 0.5) is 4.39 Å². The second kappa shape index (κ2) is 4.98. The average molecular weight is 268 g/mol. The summed E-state index contributed by atoms with van der Waals surface area (Å²) in [5.41, 5.74) is 2.89. The van der Waals surface area contributed by atoms with Crippen LogP contribution in [0.25, 0.3) is 11.0 Å². The van der Waals surface area contributed by atoms with Crippen molar-refractivity contribution in [2.75, 3.05) is 0 Å². The van der Waals surface area contributed by atoms with Gasteiger partial charge in [-0.2, -0.15) is 0 Å². The van der Waals surface area contributed by atoms with Crippen molar-refractivity contribution in [3.05, 3.63) is 71.3 Å². The molecule has 20 heavy (non-hydrogen) atoms. The highest BCUT2D eigenvalue weighted by atomic mass is 19.1. The van der Waals surface area contributed by atoms with Crippen LogP contribution in [-0.2, 0) is 0 Å². The third kappa shape index (κ3) is 2.26. The van der Waals surface area contributed by atoms with Crippen molar-refractivity contribution < 1.29 is 9.50 Å². The zero-order valence-corrected chi connectivity index (χ0v) is 10.9. The maximum Gasteiger partial charge on any atom is 0.126 e. The SMILES string of the molecule is Cc1ccc(C(O)c2cnc3ccccc3n2)cc1F. The summed E-state index contributed by atoms with van der Waals surface area (Å²) in [7, 11) is 0. The van der Waals surface area contributed by atoms with E-state index in [1.54, 1.807) is 19.1 Å². The lowest BCUT2D eigenvalue weighted by Gasteiger charge is -2.11. The Morgan fingerprint density at radius 2 is 1.85 bits per heavy atom. The fourth-order valence-corrected chi connectivity index (χ4v) is 2.05. The normalized spacial score (nSPS) is 12.6. The highest BCUT2D eigenvalue weighted by molar-refractivity contribution is 5.73. The van der Waals surface area contributed by atoms with Crippen molar-refractivity contribution in [2.24, 2.45) is 0 Å². The summed E-state index contributed by atoms with van der Waals surface area (Å²) < 4.78 is 13.6. The minimum Gasteiger partial charge on any atom is -0.382 e. The van der Waals surface area contributed by atoms with E-state index in [1.165, 1.54) is 12.3 Å². The Morgan fingerprint density at radius 1 is 1.10 bits per heavy atom. The molecular formula is C16H13FN2O. The molecule has 0 saturated carbocycles. The summed E-state index contributed by atoms with van der Waals surface area (Å²) in [6, 6.07) is 12.1. The second-order valence-corrected chi connectivity index (χ2v) is 4.69. The molecule has 0 saturated heterocycles. The smallest absolute Gasteiger partial charge is 0.126 e. The first-order chi connectivity index (χ1) is 9.65. The topological polar surface area (TPSA) is 46.0 Å². The fraction of sp³-hybridized carbons (Fsp3) is 0.125. The number of halogens is 1. The maximum atomic E-state index is 13.6. The number of fused-ring (bicyclic) bond motifs is 1. The molecule has 0 bridgehead atoms. The van der Waals surface area contributed by atoms with Gasteiger partial charge in [0, 0.05) is 0 Å². The van der Waals surface area contributed by atoms with Crippen LogP contribution in [0.5, 0.6) is 0 Å². The number of rotatable bonds is 2. The number of aliphatic hydroxyl groups excluding tert-OH is 1. The Labute approximate surface area is 115 Å². The number of para-hydroxylation sites is 2. The Bertz CT molecular complexity index is 773. The first kappa shape index (κ1) is 12.7. The molecule has 0 aliphatic rings. The van der Waals surface area contributed by atoms with E-state index >= 15 is 0 Å². The monoisotopic (exact) mass is 268 g/mol. The van der Waals surface area contributed by atoms with Gasteiger partial charge in [-0.05, 0) is 36.2 Å². The third-order valence-electron chi connectivity index (χ3n) is 3.26. The molecule has 0 fully saturated rings. The van der Waals surface area contributed by atoms with Gasteiger partial charge in [0.1, 0.15) is 11.9 Å². The van der Waals surface area contributed by atoms with Crippen LogP contribution < -0.4 is 0 Å². The van der Waals surface area contributed by atoms with Crippen LogP contribution in [0, 0.1) is 12.7 Å². The van der Waals surface area contributed by atoms with Crippen LogP contribution in [0.2, 0.25) is 0 Å². The van der Waals surface area contributed by atoms with E-state index in [9.17, 15) is 9.50 Å². The largest absolute Gasteiger partial charge is 0.382 e. The lowest BCUT2D eigenvalue weighted by atomic mass is 10.0. The fourth-order valence-electron chi connectivity index (χ4n) is 2.05. The van der Waals surface area contributed by atoms with E-state index in [1.807, 2.05) is 24.3 Å². The molecule has 0 spiro atoms. The van der Waals surface area contributed by atoms with Crippen LogP contribution in [0.1, 0.15) is 22.9 Å². The van der Waals surface area contributed by atoms with Gasteiger partial charge >= 0.3 is 0 Å². The van der Waals surface area contributed by atoms with Crippen LogP contribution in [-0.4, -0.2) is 15.1 Å². The molecule has 100 valence electrons. The predicted molar refractivity (Wildman–Crippen MR) is 74.7 cm³/mol. The Kier molecular flexibility index (Phi) is 3.16. The maximum absolute atomic E-state index is 13.6. The number of nitrogens with zero attached hydrogens (tertiary/aromatic N) is 2. The van der Waals surface area contributed by atoms with Crippen molar-refractivity contribution in [1.29, 1.82) is 0 Å². The lowest BCUT2D eigenvalue weighted by molar-refractivity contribution is 0.215. The quantitative estimate of drug-likeness (QED) is 0.776. The molecule has 2 aromatic carbocycles. The number of benzene rings is 2. The molecule has 1 N–H and O–H groups in total. The number of hydrogen-bond acceptors (Lipinski definition) is 3. The van der Waals surface area contributed by atoms with Crippen molar-refractivity contribution in [1.82, 2.24) is 9.97 Å². The molecule has 3 rings (SSSR count). The van der Waals surface area contributed by atoms with Gasteiger partial charge in [0.2, 0.25) is 0 Å². The zero-order chi connectivity index (χ0) is 14.1. The van der Waals surface area contributed by atoms with Gasteiger partial charge in [-0.1, -0.05) is 24.3 Å². The van der Waals surface area contributed by atoms with Crippen molar-refractivity contribution in [2.45, 2.75) is 13.0 Å². The summed E-state index contributed by atoms with van der Waals surface area (Å²) in [5.74, 6) is -0.338. The summed E-state index contributed by atoms with van der Waals surface area (Å²) in [4.78, 5) is 8.62. The molecule has 0 aliphatic heterocycles. The second-order valence-electron chi connectivity index (χ2n) is 4.69. The standard InChI is InChI=1S/C16H13FN2O/c1-10-6-7-11(8-12(10)17)16(20)15-9-18-13-4-2-3-5-14(13)19-15/h2-9,16,20H,1H3. The van der Waals surface area contributed by atoms with Gasteiger partial charge in [0.05, 0.1) is 22.9 Å². The van der Waals surface area contributed by atoms with E-state index < -0.39 is 6.10 Å². The third-order valence-corrected chi connectivity index (χ3v) is 3.26. The zero-order valence-electron chi connectivity index (χ0n) is 10.9. The summed E-state index contributed by atoms with van der Waals surface area (Å²) in [6.45, 7) is 1.68. The van der Waals surface area contributed by atoms with Crippen LogP contribution in [0.15, 0.2) is 48.7 Å². The molecule has 1 atom stereocenters. The molecule has 0 amide bonds. The summed E-state index contributed by atoms with van der Waals surface area (Å²) in [5, 5.41) is 10.3. The minimum atomic E-state index is -0.984. The number of aryl methyl sites for hydroxylation is 1. The van der Waals surface area contributed by atoms with Gasteiger partial charge in [0.15, 0.2) is 0 Å². The Balaban J connectivity index is 2.02. The average Bonchev–Trinajstić information content (AvgIpc) is 2.49. The number of aromatic nitrogens is 2. The molecule has 0 radical (unpaired) electrons. The van der Waals surface area contributed by atoms with Crippen molar-refractivity contribution in [3.63, 3.8) is 0 Å². The number of aliphatic hydroxyl groups is 1.